The van der Waals surface area contributed by atoms with Gasteiger partial charge in [-0.15, -0.1) is 0 Å². The first kappa shape index (κ1) is 12.9. The number of carbonyl (C=O) groups excluding carboxylic acids is 2. The second kappa shape index (κ2) is 4.22. The van der Waals surface area contributed by atoms with Crippen molar-refractivity contribution in [2.24, 2.45) is 34.8 Å². The van der Waals surface area contributed by atoms with Crippen LogP contribution in [0, 0.1) is 29.1 Å². The van der Waals surface area contributed by atoms with E-state index in [4.69, 9.17) is 5.73 Å². The number of hydrogen-bond donors (Lipinski definition) is 1. The minimum atomic E-state index is -0.199. The molecule has 1 aliphatic heterocycles. The molecule has 19 heavy (non-hydrogen) atoms. The van der Waals surface area contributed by atoms with Crippen LogP contribution in [0.3, 0.4) is 0 Å². The highest BCUT2D eigenvalue weighted by Crippen LogP contribution is 2.62. The third-order valence-electron chi connectivity index (χ3n) is 5.91. The van der Waals surface area contributed by atoms with E-state index < -0.39 is 0 Å². The lowest BCUT2D eigenvalue weighted by molar-refractivity contribution is -0.137. The Bertz CT molecular complexity index is 396. The van der Waals surface area contributed by atoms with Crippen LogP contribution in [0.1, 0.15) is 39.5 Å². The Morgan fingerprint density at radius 2 is 1.47 bits per heavy atom. The standard InChI is InChI=1S/C15H24N2O2/c1-15(2)11-7-17(8-12(11)15)14(19)10-5-3-9(4-6-10)13(16)18/h9-12H,3-8H2,1-2H3,(H2,16,18)/t9?,10?,11-,12+. The van der Waals surface area contributed by atoms with Crippen molar-refractivity contribution >= 4 is 11.8 Å². The van der Waals surface area contributed by atoms with Gasteiger partial charge in [0, 0.05) is 24.9 Å². The van der Waals surface area contributed by atoms with Crippen molar-refractivity contribution in [1.29, 1.82) is 0 Å². The van der Waals surface area contributed by atoms with E-state index in [1.165, 1.54) is 0 Å². The summed E-state index contributed by atoms with van der Waals surface area (Å²) in [6, 6.07) is 0. The van der Waals surface area contributed by atoms with Crippen LogP contribution in [0.4, 0.5) is 0 Å². The zero-order valence-electron chi connectivity index (χ0n) is 11.9. The molecular formula is C15H24N2O2. The summed E-state index contributed by atoms with van der Waals surface area (Å²) < 4.78 is 0. The van der Waals surface area contributed by atoms with Crippen molar-refractivity contribution in [2.45, 2.75) is 39.5 Å². The van der Waals surface area contributed by atoms with Gasteiger partial charge < -0.3 is 10.6 Å². The van der Waals surface area contributed by atoms with Crippen molar-refractivity contribution in [2.75, 3.05) is 13.1 Å². The number of primary amides is 1. The van der Waals surface area contributed by atoms with E-state index in [2.05, 4.69) is 18.7 Å². The molecule has 0 unspecified atom stereocenters. The van der Waals surface area contributed by atoms with Crippen LogP contribution in [0.2, 0.25) is 0 Å². The molecule has 4 nitrogen and oxygen atoms in total. The van der Waals surface area contributed by atoms with Crippen molar-refractivity contribution < 1.29 is 9.59 Å². The fraction of sp³-hybridized carbons (Fsp3) is 0.867. The first-order valence-electron chi connectivity index (χ1n) is 7.49. The Morgan fingerprint density at radius 1 is 1.00 bits per heavy atom. The van der Waals surface area contributed by atoms with Gasteiger partial charge in [0.15, 0.2) is 0 Å². The Kier molecular flexibility index (Phi) is 2.88. The molecule has 1 heterocycles. The lowest BCUT2D eigenvalue weighted by Gasteiger charge is -2.31. The highest BCUT2D eigenvalue weighted by atomic mass is 16.2. The molecule has 3 rings (SSSR count). The summed E-state index contributed by atoms with van der Waals surface area (Å²) in [4.78, 5) is 25.7. The number of rotatable bonds is 2. The van der Waals surface area contributed by atoms with Crippen molar-refractivity contribution in [3.05, 3.63) is 0 Å². The van der Waals surface area contributed by atoms with Crippen LogP contribution in [-0.4, -0.2) is 29.8 Å². The van der Waals surface area contributed by atoms with E-state index in [9.17, 15) is 9.59 Å². The minimum absolute atomic E-state index is 0.00466. The average Bonchev–Trinajstić information content (AvgIpc) is 2.79. The highest BCUT2D eigenvalue weighted by Gasteiger charge is 2.62. The molecule has 3 fully saturated rings. The SMILES string of the molecule is CC1(C)[C@@H]2CN(C(=O)C3CCC(C(N)=O)CC3)C[C@@H]21. The van der Waals surface area contributed by atoms with Gasteiger partial charge in [-0.25, -0.2) is 0 Å². The van der Waals surface area contributed by atoms with Gasteiger partial charge in [-0.2, -0.15) is 0 Å². The maximum Gasteiger partial charge on any atom is 0.225 e. The molecule has 2 aliphatic carbocycles. The molecule has 1 saturated heterocycles. The summed E-state index contributed by atoms with van der Waals surface area (Å²) in [6.45, 7) is 6.52. The molecule has 0 bridgehead atoms. The minimum Gasteiger partial charge on any atom is -0.369 e. The molecule has 2 saturated carbocycles. The van der Waals surface area contributed by atoms with Gasteiger partial charge in [-0.05, 0) is 42.9 Å². The summed E-state index contributed by atoms with van der Waals surface area (Å²) in [5.41, 5.74) is 5.79. The summed E-state index contributed by atoms with van der Waals surface area (Å²) in [7, 11) is 0. The van der Waals surface area contributed by atoms with E-state index in [1.807, 2.05) is 0 Å². The van der Waals surface area contributed by atoms with Gasteiger partial charge in [-0.3, -0.25) is 9.59 Å². The first-order valence-corrected chi connectivity index (χ1v) is 7.49. The fourth-order valence-electron chi connectivity index (χ4n) is 4.19. The van der Waals surface area contributed by atoms with Gasteiger partial charge in [0.1, 0.15) is 0 Å². The number of amides is 2. The predicted octanol–water partition coefficient (Wildman–Crippen LogP) is 1.39. The molecule has 0 spiro atoms. The molecule has 2 N–H and O–H groups in total. The third kappa shape index (κ3) is 2.05. The number of piperidine rings is 1. The average molecular weight is 264 g/mol. The summed E-state index contributed by atoms with van der Waals surface area (Å²) in [5, 5.41) is 0. The van der Waals surface area contributed by atoms with E-state index >= 15 is 0 Å². The van der Waals surface area contributed by atoms with E-state index in [-0.39, 0.29) is 17.7 Å². The summed E-state index contributed by atoms with van der Waals surface area (Å²) in [5.74, 6) is 1.70. The van der Waals surface area contributed by atoms with Gasteiger partial charge in [-0.1, -0.05) is 13.8 Å². The number of fused-ring (bicyclic) bond motifs is 1. The van der Waals surface area contributed by atoms with Crippen molar-refractivity contribution in [3.63, 3.8) is 0 Å². The Hall–Kier alpha value is -1.06. The predicted molar refractivity (Wildman–Crippen MR) is 72.0 cm³/mol. The normalized spacial score (nSPS) is 39.8. The number of nitrogens with zero attached hydrogens (tertiary/aromatic N) is 1. The largest absolute Gasteiger partial charge is 0.369 e. The molecule has 0 radical (unpaired) electrons. The molecule has 2 amide bonds. The Balaban J connectivity index is 1.52. The summed E-state index contributed by atoms with van der Waals surface area (Å²) in [6.07, 6.45) is 3.25. The number of likely N-dealkylation sites (tertiary alicyclic amines) is 1. The van der Waals surface area contributed by atoms with Crippen LogP contribution < -0.4 is 5.73 Å². The summed E-state index contributed by atoms with van der Waals surface area (Å²) >= 11 is 0. The van der Waals surface area contributed by atoms with Gasteiger partial charge in [0.05, 0.1) is 0 Å². The van der Waals surface area contributed by atoms with Crippen LogP contribution in [0.25, 0.3) is 0 Å². The molecule has 0 aromatic heterocycles. The lowest BCUT2D eigenvalue weighted by Crippen LogP contribution is -2.39. The van der Waals surface area contributed by atoms with Crippen LogP contribution >= 0.6 is 0 Å². The van der Waals surface area contributed by atoms with Crippen LogP contribution in [0.15, 0.2) is 0 Å². The van der Waals surface area contributed by atoms with E-state index in [1.54, 1.807) is 0 Å². The number of nitrogens with two attached hydrogens (primary N) is 1. The van der Waals surface area contributed by atoms with Crippen LogP contribution in [0.5, 0.6) is 0 Å². The molecular weight excluding hydrogens is 240 g/mol. The molecule has 0 aromatic carbocycles. The lowest BCUT2D eigenvalue weighted by atomic mass is 9.81. The topological polar surface area (TPSA) is 63.4 Å². The van der Waals surface area contributed by atoms with Gasteiger partial charge >= 0.3 is 0 Å². The zero-order chi connectivity index (χ0) is 13.8. The quantitative estimate of drug-likeness (QED) is 0.819. The highest BCUT2D eigenvalue weighted by molar-refractivity contribution is 5.81. The van der Waals surface area contributed by atoms with Gasteiger partial charge in [0.2, 0.25) is 11.8 Å². The third-order valence-corrected chi connectivity index (χ3v) is 5.91. The maximum absolute atomic E-state index is 12.5. The fourth-order valence-corrected chi connectivity index (χ4v) is 4.19. The van der Waals surface area contributed by atoms with E-state index in [0.29, 0.717) is 11.3 Å². The zero-order valence-corrected chi connectivity index (χ0v) is 11.9. The smallest absolute Gasteiger partial charge is 0.225 e. The molecule has 4 heteroatoms. The molecule has 3 aliphatic rings. The molecule has 2 atom stereocenters. The van der Waals surface area contributed by atoms with E-state index in [0.717, 1.165) is 50.6 Å². The van der Waals surface area contributed by atoms with Crippen LogP contribution in [-0.2, 0) is 9.59 Å². The molecule has 0 aromatic rings. The number of hydrogen-bond acceptors (Lipinski definition) is 2. The monoisotopic (exact) mass is 264 g/mol. The van der Waals surface area contributed by atoms with Gasteiger partial charge in [0.25, 0.3) is 0 Å². The molecule has 106 valence electrons. The number of carbonyl (C=O) groups is 2. The first-order chi connectivity index (χ1) is 8.91. The Labute approximate surface area is 114 Å². The second-order valence-corrected chi connectivity index (χ2v) is 7.23. The maximum atomic E-state index is 12.5. The second-order valence-electron chi connectivity index (χ2n) is 7.23. The Morgan fingerprint density at radius 3 is 1.95 bits per heavy atom. The van der Waals surface area contributed by atoms with Crippen molar-refractivity contribution in [3.8, 4) is 0 Å². The van der Waals surface area contributed by atoms with Crippen molar-refractivity contribution in [1.82, 2.24) is 4.90 Å².